The number of aromatic hydroxyl groups is 1. The van der Waals surface area contributed by atoms with Crippen molar-refractivity contribution in [2.45, 2.75) is 0 Å². The maximum Gasteiger partial charge on any atom is 0.216 e. The molecular formula is C19H13FN4OS. The number of hydrogen-bond donors (Lipinski definition) is 2. The van der Waals surface area contributed by atoms with Gasteiger partial charge in [0.2, 0.25) is 4.77 Å². The second-order valence-electron chi connectivity index (χ2n) is 5.64. The number of aromatic amines is 1. The third-order valence-corrected chi connectivity index (χ3v) is 4.27. The van der Waals surface area contributed by atoms with E-state index in [1.165, 1.54) is 23.0 Å². The molecule has 0 saturated heterocycles. The summed E-state index contributed by atoms with van der Waals surface area (Å²) in [6.07, 6.45) is 1.54. The molecule has 0 radical (unpaired) electrons. The van der Waals surface area contributed by atoms with Crippen molar-refractivity contribution in [3.8, 4) is 17.1 Å². The fourth-order valence-corrected chi connectivity index (χ4v) is 2.90. The summed E-state index contributed by atoms with van der Waals surface area (Å²) in [5.41, 5.74) is 1.24. The first-order valence-corrected chi connectivity index (χ1v) is 8.23. The molecule has 0 fully saturated rings. The third-order valence-electron chi connectivity index (χ3n) is 4.00. The van der Waals surface area contributed by atoms with E-state index in [9.17, 15) is 9.50 Å². The van der Waals surface area contributed by atoms with Crippen LogP contribution in [-0.4, -0.2) is 26.2 Å². The molecule has 3 aromatic carbocycles. The number of phenols is 1. The van der Waals surface area contributed by atoms with Gasteiger partial charge in [0.1, 0.15) is 11.6 Å². The van der Waals surface area contributed by atoms with Gasteiger partial charge in [0.25, 0.3) is 0 Å². The molecule has 1 heterocycles. The summed E-state index contributed by atoms with van der Waals surface area (Å²) in [5, 5.41) is 23.3. The molecule has 5 nitrogen and oxygen atoms in total. The van der Waals surface area contributed by atoms with Gasteiger partial charge in [0.15, 0.2) is 5.82 Å². The molecule has 0 spiro atoms. The van der Waals surface area contributed by atoms with Crippen LogP contribution >= 0.6 is 12.2 Å². The number of phenolic OH excluding ortho intramolecular Hbond substituents is 1. The standard InChI is InChI=1S/C19H13FN4OS/c20-14-8-5-13(6-9-14)18-22-23-19(26)24(18)21-11-16-15-4-2-1-3-12(15)7-10-17(16)25/h1-11,25H,(H,23,26)/b21-11-. The number of halogens is 1. The van der Waals surface area contributed by atoms with E-state index in [0.717, 1.165) is 10.8 Å². The third kappa shape index (κ3) is 2.89. The van der Waals surface area contributed by atoms with Gasteiger partial charge < -0.3 is 5.11 Å². The van der Waals surface area contributed by atoms with Gasteiger partial charge in [-0.05, 0) is 53.3 Å². The number of aromatic nitrogens is 3. The molecule has 4 aromatic rings. The summed E-state index contributed by atoms with van der Waals surface area (Å²) in [6.45, 7) is 0. The van der Waals surface area contributed by atoms with Crippen LogP contribution in [0.25, 0.3) is 22.2 Å². The van der Waals surface area contributed by atoms with E-state index in [0.29, 0.717) is 21.7 Å². The Kier molecular flexibility index (Phi) is 4.06. The summed E-state index contributed by atoms with van der Waals surface area (Å²) >= 11 is 5.24. The molecule has 128 valence electrons. The zero-order valence-electron chi connectivity index (χ0n) is 13.4. The van der Waals surface area contributed by atoms with Crippen LogP contribution in [0.4, 0.5) is 4.39 Å². The Morgan fingerprint density at radius 3 is 2.65 bits per heavy atom. The second-order valence-corrected chi connectivity index (χ2v) is 6.02. The lowest BCUT2D eigenvalue weighted by Gasteiger charge is -2.05. The number of H-pyrrole nitrogens is 1. The Hall–Kier alpha value is -3.32. The molecule has 0 unspecified atom stereocenters. The van der Waals surface area contributed by atoms with Crippen LogP contribution in [-0.2, 0) is 0 Å². The summed E-state index contributed by atoms with van der Waals surface area (Å²) in [7, 11) is 0. The minimum atomic E-state index is -0.335. The van der Waals surface area contributed by atoms with Gasteiger partial charge in [0, 0.05) is 11.1 Å². The van der Waals surface area contributed by atoms with Crippen LogP contribution < -0.4 is 0 Å². The smallest absolute Gasteiger partial charge is 0.216 e. The molecule has 7 heteroatoms. The summed E-state index contributed by atoms with van der Waals surface area (Å²) in [5.74, 6) is 0.232. The highest BCUT2D eigenvalue weighted by Gasteiger charge is 2.09. The van der Waals surface area contributed by atoms with Crippen molar-refractivity contribution < 1.29 is 9.50 Å². The van der Waals surface area contributed by atoms with Crippen molar-refractivity contribution in [2.75, 3.05) is 0 Å². The van der Waals surface area contributed by atoms with Crippen molar-refractivity contribution in [3.63, 3.8) is 0 Å². The lowest BCUT2D eigenvalue weighted by molar-refractivity contribution is 0.475. The van der Waals surface area contributed by atoms with Crippen molar-refractivity contribution in [3.05, 3.63) is 76.8 Å². The van der Waals surface area contributed by atoms with Crippen LogP contribution in [0.15, 0.2) is 65.8 Å². The summed E-state index contributed by atoms with van der Waals surface area (Å²) < 4.78 is 14.9. The molecule has 2 N–H and O–H groups in total. The van der Waals surface area contributed by atoms with Gasteiger partial charge in [-0.3, -0.25) is 0 Å². The van der Waals surface area contributed by atoms with Gasteiger partial charge in [-0.15, -0.1) is 0 Å². The molecule has 0 saturated carbocycles. The van der Waals surface area contributed by atoms with E-state index in [1.807, 2.05) is 30.3 Å². The average molecular weight is 364 g/mol. The molecule has 0 aliphatic carbocycles. The highest BCUT2D eigenvalue weighted by Crippen LogP contribution is 2.26. The van der Waals surface area contributed by atoms with E-state index in [-0.39, 0.29) is 11.6 Å². The predicted octanol–water partition coefficient (Wildman–Crippen LogP) is 4.49. The Labute approximate surface area is 153 Å². The normalized spacial score (nSPS) is 11.4. The van der Waals surface area contributed by atoms with Crippen molar-refractivity contribution >= 4 is 29.2 Å². The summed E-state index contributed by atoms with van der Waals surface area (Å²) in [6, 6.07) is 17.0. The zero-order valence-corrected chi connectivity index (χ0v) is 14.2. The SMILES string of the molecule is Oc1ccc2ccccc2c1/C=N\n1c(-c2ccc(F)cc2)n[nH]c1=S. The van der Waals surface area contributed by atoms with Crippen molar-refractivity contribution in [2.24, 2.45) is 5.10 Å². The lowest BCUT2D eigenvalue weighted by Crippen LogP contribution is -1.96. The maximum atomic E-state index is 13.2. The molecule has 0 bridgehead atoms. The number of benzene rings is 3. The fraction of sp³-hybridized carbons (Fsp3) is 0. The monoisotopic (exact) mass is 364 g/mol. The first kappa shape index (κ1) is 16.2. The van der Waals surface area contributed by atoms with Crippen molar-refractivity contribution in [1.29, 1.82) is 0 Å². The van der Waals surface area contributed by atoms with Gasteiger partial charge in [0.05, 0.1) is 6.21 Å². The highest BCUT2D eigenvalue weighted by molar-refractivity contribution is 7.71. The lowest BCUT2D eigenvalue weighted by atomic mass is 10.0. The number of fused-ring (bicyclic) bond motifs is 1. The number of nitrogens with one attached hydrogen (secondary N) is 1. The Morgan fingerprint density at radius 1 is 1.08 bits per heavy atom. The van der Waals surface area contributed by atoms with Crippen LogP contribution in [0.1, 0.15) is 5.56 Å². The van der Waals surface area contributed by atoms with Crippen molar-refractivity contribution in [1.82, 2.24) is 14.9 Å². The average Bonchev–Trinajstić information content (AvgIpc) is 3.02. The predicted molar refractivity (Wildman–Crippen MR) is 101 cm³/mol. The molecule has 1 aromatic heterocycles. The first-order valence-electron chi connectivity index (χ1n) is 7.82. The van der Waals surface area contributed by atoms with E-state index in [4.69, 9.17) is 12.2 Å². The van der Waals surface area contributed by atoms with Crippen LogP contribution in [0.5, 0.6) is 5.75 Å². The molecule has 0 aliphatic rings. The Morgan fingerprint density at radius 2 is 1.85 bits per heavy atom. The van der Waals surface area contributed by atoms with Gasteiger partial charge in [-0.1, -0.05) is 30.3 Å². The fourth-order valence-electron chi connectivity index (χ4n) is 2.72. The van der Waals surface area contributed by atoms with E-state index in [1.54, 1.807) is 18.2 Å². The quantitative estimate of drug-likeness (QED) is 0.416. The minimum absolute atomic E-state index is 0.116. The Bertz CT molecular complexity index is 1180. The van der Waals surface area contributed by atoms with Crippen LogP contribution in [0, 0.1) is 10.6 Å². The maximum absolute atomic E-state index is 13.2. The van der Waals surface area contributed by atoms with E-state index >= 15 is 0 Å². The zero-order chi connectivity index (χ0) is 18.1. The molecule has 0 atom stereocenters. The molecule has 4 rings (SSSR count). The van der Waals surface area contributed by atoms with Gasteiger partial charge >= 0.3 is 0 Å². The number of rotatable bonds is 3. The topological polar surface area (TPSA) is 66.2 Å². The molecule has 0 amide bonds. The van der Waals surface area contributed by atoms with Gasteiger partial charge in [-0.25, -0.2) is 9.49 Å². The van der Waals surface area contributed by atoms with E-state index in [2.05, 4.69) is 15.3 Å². The van der Waals surface area contributed by atoms with Gasteiger partial charge in [-0.2, -0.15) is 14.9 Å². The first-order chi connectivity index (χ1) is 12.6. The molecule has 0 aliphatic heterocycles. The largest absolute Gasteiger partial charge is 0.507 e. The summed E-state index contributed by atoms with van der Waals surface area (Å²) in [4.78, 5) is 0. The van der Waals surface area contributed by atoms with Crippen LogP contribution in [0.2, 0.25) is 0 Å². The second kappa shape index (κ2) is 6.53. The molecular weight excluding hydrogens is 351 g/mol. The highest BCUT2D eigenvalue weighted by atomic mass is 32.1. The molecule has 26 heavy (non-hydrogen) atoms. The van der Waals surface area contributed by atoms with Crippen LogP contribution in [0.3, 0.4) is 0 Å². The minimum Gasteiger partial charge on any atom is -0.507 e. The number of hydrogen-bond acceptors (Lipinski definition) is 4. The Balaban J connectivity index is 1.82. The number of nitrogens with zero attached hydrogens (tertiary/aromatic N) is 3. The van der Waals surface area contributed by atoms with E-state index < -0.39 is 0 Å².